The molecule has 0 radical (unpaired) electrons. The van der Waals surface area contributed by atoms with Gasteiger partial charge >= 0.3 is 5.97 Å². The number of nitrogens with one attached hydrogen (secondary N) is 1. The molecule has 0 fully saturated rings. The van der Waals surface area contributed by atoms with E-state index < -0.39 is 11.6 Å². The van der Waals surface area contributed by atoms with Crippen LogP contribution in [0.15, 0.2) is 12.0 Å². The maximum Gasteiger partial charge on any atom is 0.350 e. The maximum absolute atomic E-state index is 11.1. The van der Waals surface area contributed by atoms with Crippen molar-refractivity contribution in [1.82, 2.24) is 15.1 Å². The van der Waals surface area contributed by atoms with Crippen molar-refractivity contribution in [2.75, 3.05) is 27.2 Å². The number of hydrogen-bond acceptors (Lipinski definition) is 5. The van der Waals surface area contributed by atoms with Gasteiger partial charge < -0.3 is 26.0 Å². The molecule has 1 rings (SSSR count). The first-order valence-corrected chi connectivity index (χ1v) is 4.76. The van der Waals surface area contributed by atoms with Gasteiger partial charge in [0, 0.05) is 19.3 Å². The molecule has 0 saturated heterocycles. The molecule has 0 saturated carbocycles. The van der Waals surface area contributed by atoms with E-state index in [0.717, 1.165) is 6.54 Å². The molecule has 0 aromatic heterocycles. The van der Waals surface area contributed by atoms with Gasteiger partial charge in [0.05, 0.1) is 0 Å². The number of likely N-dealkylation sites (N-methyl/N-ethyl adjacent to an activating group) is 1. The molecule has 6 nitrogen and oxygen atoms in total. The van der Waals surface area contributed by atoms with Gasteiger partial charge in [-0.25, -0.2) is 4.79 Å². The average molecular weight is 214 g/mol. The third-order valence-electron chi connectivity index (χ3n) is 2.46. The topological polar surface area (TPSA) is 81.8 Å². The molecular weight excluding hydrogens is 196 g/mol. The summed E-state index contributed by atoms with van der Waals surface area (Å²) in [5, 5.41) is 11.9. The van der Waals surface area contributed by atoms with Gasteiger partial charge in [-0.15, -0.1) is 0 Å². The van der Waals surface area contributed by atoms with E-state index >= 15 is 0 Å². The summed E-state index contributed by atoms with van der Waals surface area (Å²) in [6.45, 7) is 2.99. The third kappa shape index (κ3) is 2.33. The first-order chi connectivity index (χ1) is 6.86. The van der Waals surface area contributed by atoms with Gasteiger partial charge in [-0.05, 0) is 21.0 Å². The van der Waals surface area contributed by atoms with Crippen LogP contribution in [0.25, 0.3) is 0 Å². The fourth-order valence-electron chi connectivity index (χ4n) is 1.45. The van der Waals surface area contributed by atoms with Crippen molar-refractivity contribution in [2.45, 2.75) is 12.6 Å². The van der Waals surface area contributed by atoms with Crippen LogP contribution < -0.4 is 11.1 Å². The Kier molecular flexibility index (Phi) is 3.09. The molecule has 0 bridgehead atoms. The zero-order valence-corrected chi connectivity index (χ0v) is 9.32. The molecular formula is C9H18N4O2. The second-order valence-corrected chi connectivity index (χ2v) is 4.08. The van der Waals surface area contributed by atoms with Gasteiger partial charge in [0.2, 0.25) is 5.66 Å². The van der Waals surface area contributed by atoms with Gasteiger partial charge in [0.15, 0.2) is 0 Å². The smallest absolute Gasteiger partial charge is 0.350 e. The van der Waals surface area contributed by atoms with E-state index in [1.54, 1.807) is 18.0 Å². The first kappa shape index (κ1) is 11.6. The summed E-state index contributed by atoms with van der Waals surface area (Å²) in [5.41, 5.74) is 4.45. The predicted molar refractivity (Wildman–Crippen MR) is 56.7 cm³/mol. The third-order valence-corrected chi connectivity index (χ3v) is 2.46. The van der Waals surface area contributed by atoms with Crippen molar-refractivity contribution >= 4 is 5.97 Å². The maximum atomic E-state index is 11.1. The molecule has 0 aromatic rings. The van der Waals surface area contributed by atoms with Gasteiger partial charge in [0.1, 0.15) is 5.82 Å². The molecule has 1 atom stereocenters. The number of aliphatic carboxylic acids is 1. The molecule has 0 spiro atoms. The quantitative estimate of drug-likeness (QED) is 0.557. The van der Waals surface area contributed by atoms with Crippen LogP contribution >= 0.6 is 0 Å². The van der Waals surface area contributed by atoms with Crippen molar-refractivity contribution in [1.29, 1.82) is 0 Å². The van der Waals surface area contributed by atoms with Crippen LogP contribution in [0.2, 0.25) is 0 Å². The second kappa shape index (κ2) is 3.98. The Morgan fingerprint density at radius 1 is 1.73 bits per heavy atom. The predicted octanol–water partition coefficient (Wildman–Crippen LogP) is -0.988. The van der Waals surface area contributed by atoms with Crippen molar-refractivity contribution in [3.63, 3.8) is 0 Å². The van der Waals surface area contributed by atoms with E-state index in [0.29, 0.717) is 12.4 Å². The Bertz CT molecular complexity index is 290. The number of hydrogen-bond donors (Lipinski definition) is 3. The largest absolute Gasteiger partial charge is 0.478 e. The Morgan fingerprint density at radius 2 is 2.33 bits per heavy atom. The minimum absolute atomic E-state index is 0.388. The van der Waals surface area contributed by atoms with E-state index in [4.69, 9.17) is 10.8 Å². The van der Waals surface area contributed by atoms with E-state index in [9.17, 15) is 4.79 Å². The van der Waals surface area contributed by atoms with Crippen LogP contribution in [-0.4, -0.2) is 53.7 Å². The average Bonchev–Trinajstić information content (AvgIpc) is 2.39. The van der Waals surface area contributed by atoms with Crippen molar-refractivity contribution in [2.24, 2.45) is 5.73 Å². The highest BCUT2D eigenvalue weighted by Crippen LogP contribution is 2.19. The van der Waals surface area contributed by atoms with Gasteiger partial charge in [0.25, 0.3) is 0 Å². The normalized spacial score (nSPS) is 25.3. The molecule has 0 aliphatic carbocycles. The minimum atomic E-state index is -1.12. The summed E-state index contributed by atoms with van der Waals surface area (Å²) in [5.74, 6) is -0.545. The van der Waals surface area contributed by atoms with Crippen molar-refractivity contribution in [3.8, 4) is 0 Å². The highest BCUT2D eigenvalue weighted by molar-refractivity contribution is 5.78. The Morgan fingerprint density at radius 3 is 2.80 bits per heavy atom. The summed E-state index contributed by atoms with van der Waals surface area (Å²) in [7, 11) is 3.88. The summed E-state index contributed by atoms with van der Waals surface area (Å²) < 4.78 is 0. The lowest BCUT2D eigenvalue weighted by Crippen LogP contribution is -2.57. The van der Waals surface area contributed by atoms with E-state index in [1.165, 1.54) is 0 Å². The molecule has 86 valence electrons. The number of nitrogens with zero attached hydrogens (tertiary/aromatic N) is 2. The van der Waals surface area contributed by atoms with Crippen LogP contribution in [-0.2, 0) is 4.79 Å². The fraction of sp³-hybridized carbons (Fsp3) is 0.667. The van der Waals surface area contributed by atoms with E-state index in [2.05, 4.69) is 5.32 Å². The monoisotopic (exact) mass is 214 g/mol. The molecule has 6 heteroatoms. The molecule has 1 unspecified atom stereocenters. The Balaban J connectivity index is 2.71. The minimum Gasteiger partial charge on any atom is -0.478 e. The zero-order chi connectivity index (χ0) is 11.6. The summed E-state index contributed by atoms with van der Waals surface area (Å²) >= 11 is 0. The highest BCUT2D eigenvalue weighted by Gasteiger charge is 2.42. The van der Waals surface area contributed by atoms with Crippen molar-refractivity contribution < 1.29 is 9.90 Å². The Labute approximate surface area is 89.3 Å². The summed E-state index contributed by atoms with van der Waals surface area (Å²) in [6.07, 6.45) is 1.64. The molecule has 0 amide bonds. The first-order valence-electron chi connectivity index (χ1n) is 4.76. The highest BCUT2D eigenvalue weighted by atomic mass is 16.4. The number of rotatable bonds is 4. The van der Waals surface area contributed by atoms with Gasteiger partial charge in [-0.2, -0.15) is 0 Å². The lowest BCUT2D eigenvalue weighted by atomic mass is 10.2. The summed E-state index contributed by atoms with van der Waals surface area (Å²) in [6, 6.07) is 0. The van der Waals surface area contributed by atoms with Crippen LogP contribution in [0.1, 0.15) is 6.92 Å². The number of carboxylic acids is 1. The van der Waals surface area contributed by atoms with Crippen LogP contribution in [0, 0.1) is 0 Å². The zero-order valence-electron chi connectivity index (χ0n) is 9.32. The lowest BCUT2D eigenvalue weighted by molar-refractivity contribution is -0.149. The Hall–Kier alpha value is -1.43. The number of carbonyl (C=O) groups is 1. The molecule has 0 aromatic carbocycles. The summed E-state index contributed by atoms with van der Waals surface area (Å²) in [4.78, 5) is 14.8. The van der Waals surface area contributed by atoms with Crippen molar-refractivity contribution in [3.05, 3.63) is 12.0 Å². The second-order valence-electron chi connectivity index (χ2n) is 4.08. The standard InChI is InChI=1S/C9H18N4O2/c1-9(8(14)15)11-7(10)6-13(9)5-4-12(2)3/h6,11H,4-5,10H2,1-3H3,(H,14,15). The van der Waals surface area contributed by atoms with Crippen LogP contribution in [0.4, 0.5) is 0 Å². The van der Waals surface area contributed by atoms with Crippen LogP contribution in [0.5, 0.6) is 0 Å². The molecule has 4 N–H and O–H groups in total. The van der Waals surface area contributed by atoms with E-state index in [-0.39, 0.29) is 0 Å². The lowest BCUT2D eigenvalue weighted by Gasteiger charge is -2.32. The number of carboxylic acid groups (broad SMARTS) is 1. The van der Waals surface area contributed by atoms with E-state index in [1.807, 2.05) is 19.0 Å². The van der Waals surface area contributed by atoms with Gasteiger partial charge in [-0.3, -0.25) is 0 Å². The fourth-order valence-corrected chi connectivity index (χ4v) is 1.45. The molecule has 1 heterocycles. The van der Waals surface area contributed by atoms with Crippen LogP contribution in [0.3, 0.4) is 0 Å². The number of nitrogens with two attached hydrogens (primary N) is 1. The van der Waals surface area contributed by atoms with Gasteiger partial charge in [-0.1, -0.05) is 0 Å². The molecule has 1 aliphatic heterocycles. The molecule has 15 heavy (non-hydrogen) atoms. The molecule has 1 aliphatic rings. The SMILES string of the molecule is CN(C)CCN1C=C(N)NC1(C)C(=O)O.